The summed E-state index contributed by atoms with van der Waals surface area (Å²) in [7, 11) is 1.52. The Morgan fingerprint density at radius 2 is 1.82 bits per heavy atom. The molecule has 6 nitrogen and oxygen atoms in total. The predicted octanol–water partition coefficient (Wildman–Crippen LogP) is 6.62. The number of amides is 1. The zero-order valence-electron chi connectivity index (χ0n) is 17.9. The van der Waals surface area contributed by atoms with Gasteiger partial charge in [-0.3, -0.25) is 4.79 Å². The van der Waals surface area contributed by atoms with Crippen LogP contribution in [-0.2, 0) is 6.61 Å². The Bertz CT molecular complexity index is 1150. The first kappa shape index (κ1) is 25.1. The molecule has 9 heteroatoms. The Kier molecular flexibility index (Phi) is 9.17. The van der Waals surface area contributed by atoms with Crippen LogP contribution >= 0.6 is 43.5 Å². The molecule has 0 aliphatic heterocycles. The van der Waals surface area contributed by atoms with Gasteiger partial charge in [-0.05, 0) is 92.4 Å². The normalized spacial score (nSPS) is 10.8. The standard InChI is InChI=1S/C24H21Br2ClN2O4/c1-3-32-21-8-7-17(12-22(21)31-2)24(30)29-28-13-16-10-19(25)23(20(26)11-16)33-14-15-5-4-6-18(27)9-15/h4-13H,3,14H2,1-2H3,(H,29,30)/b28-13+. The number of hydrogen-bond donors (Lipinski definition) is 1. The molecule has 1 N–H and O–H groups in total. The molecule has 33 heavy (non-hydrogen) atoms. The van der Waals surface area contributed by atoms with E-state index in [9.17, 15) is 4.79 Å². The van der Waals surface area contributed by atoms with Crippen molar-refractivity contribution >= 4 is 55.6 Å². The minimum absolute atomic E-state index is 0.368. The van der Waals surface area contributed by atoms with Crippen molar-refractivity contribution in [1.82, 2.24) is 5.43 Å². The number of rotatable bonds is 9. The van der Waals surface area contributed by atoms with Gasteiger partial charge in [-0.15, -0.1) is 0 Å². The Labute approximate surface area is 214 Å². The summed E-state index contributed by atoms with van der Waals surface area (Å²) < 4.78 is 18.2. The van der Waals surface area contributed by atoms with Gasteiger partial charge >= 0.3 is 0 Å². The van der Waals surface area contributed by atoms with E-state index >= 15 is 0 Å². The lowest BCUT2D eigenvalue weighted by atomic mass is 10.2. The highest BCUT2D eigenvalue weighted by atomic mass is 79.9. The predicted molar refractivity (Wildman–Crippen MR) is 137 cm³/mol. The fourth-order valence-corrected chi connectivity index (χ4v) is 4.55. The molecule has 0 radical (unpaired) electrons. The zero-order chi connectivity index (χ0) is 23.8. The molecule has 0 aromatic heterocycles. The molecule has 172 valence electrons. The van der Waals surface area contributed by atoms with Gasteiger partial charge in [-0.25, -0.2) is 5.43 Å². The largest absolute Gasteiger partial charge is 0.493 e. The van der Waals surface area contributed by atoms with Crippen molar-refractivity contribution in [3.63, 3.8) is 0 Å². The quantitative estimate of drug-likeness (QED) is 0.223. The first-order valence-corrected chi connectivity index (χ1v) is 11.9. The number of carbonyl (C=O) groups is 1. The van der Waals surface area contributed by atoms with E-state index in [4.69, 9.17) is 25.8 Å². The van der Waals surface area contributed by atoms with Crippen LogP contribution in [0.5, 0.6) is 17.2 Å². The van der Waals surface area contributed by atoms with Crippen molar-refractivity contribution in [3.8, 4) is 17.2 Å². The minimum Gasteiger partial charge on any atom is -0.493 e. The van der Waals surface area contributed by atoms with Crippen molar-refractivity contribution in [1.29, 1.82) is 0 Å². The Morgan fingerprint density at radius 3 is 2.48 bits per heavy atom. The number of nitrogens with zero attached hydrogens (tertiary/aromatic N) is 1. The molecule has 3 rings (SSSR count). The topological polar surface area (TPSA) is 69.2 Å². The molecule has 1 amide bonds. The average molecular weight is 597 g/mol. The van der Waals surface area contributed by atoms with Crippen LogP contribution in [0.1, 0.15) is 28.4 Å². The summed E-state index contributed by atoms with van der Waals surface area (Å²) in [6, 6.07) is 16.1. The van der Waals surface area contributed by atoms with E-state index in [1.807, 2.05) is 43.3 Å². The van der Waals surface area contributed by atoms with Gasteiger partial charge in [0.2, 0.25) is 0 Å². The summed E-state index contributed by atoms with van der Waals surface area (Å²) in [4.78, 5) is 12.4. The molecule has 0 spiro atoms. The molecule has 0 bridgehead atoms. The molecule has 0 aliphatic carbocycles. The van der Waals surface area contributed by atoms with Crippen LogP contribution in [0.15, 0.2) is 68.6 Å². The average Bonchev–Trinajstić information content (AvgIpc) is 2.79. The fraction of sp³-hybridized carbons (Fsp3) is 0.167. The number of carbonyl (C=O) groups excluding carboxylic acids is 1. The second-order valence-corrected chi connectivity index (χ2v) is 8.88. The van der Waals surface area contributed by atoms with Crippen molar-refractivity contribution in [2.75, 3.05) is 13.7 Å². The monoisotopic (exact) mass is 594 g/mol. The highest BCUT2D eigenvalue weighted by Gasteiger charge is 2.11. The summed E-state index contributed by atoms with van der Waals surface area (Å²) in [6.07, 6.45) is 1.54. The van der Waals surface area contributed by atoms with Gasteiger partial charge in [-0.1, -0.05) is 23.7 Å². The molecule has 0 fully saturated rings. The molecule has 0 heterocycles. The lowest BCUT2D eigenvalue weighted by molar-refractivity contribution is 0.0954. The first-order chi connectivity index (χ1) is 15.9. The summed E-state index contributed by atoms with van der Waals surface area (Å²) in [5.74, 6) is 1.34. The van der Waals surface area contributed by atoms with Crippen LogP contribution < -0.4 is 19.6 Å². The number of halogens is 3. The zero-order valence-corrected chi connectivity index (χ0v) is 21.8. The Morgan fingerprint density at radius 1 is 1.06 bits per heavy atom. The molecule has 0 atom stereocenters. The minimum atomic E-state index is -0.368. The first-order valence-electron chi connectivity index (χ1n) is 9.91. The van der Waals surface area contributed by atoms with Gasteiger partial charge < -0.3 is 14.2 Å². The van der Waals surface area contributed by atoms with Crippen LogP contribution in [0.4, 0.5) is 0 Å². The lowest BCUT2D eigenvalue weighted by Gasteiger charge is -2.11. The summed E-state index contributed by atoms with van der Waals surface area (Å²) in [5, 5.41) is 4.71. The number of methoxy groups -OCH3 is 1. The number of nitrogens with one attached hydrogen (secondary N) is 1. The van der Waals surface area contributed by atoms with E-state index in [1.54, 1.807) is 24.4 Å². The molecule has 0 saturated heterocycles. The smallest absolute Gasteiger partial charge is 0.271 e. The number of benzene rings is 3. The fourth-order valence-electron chi connectivity index (χ4n) is 2.89. The van der Waals surface area contributed by atoms with Gasteiger partial charge in [0.05, 0.1) is 28.9 Å². The van der Waals surface area contributed by atoms with E-state index in [2.05, 4.69) is 42.4 Å². The number of hydrazone groups is 1. The van der Waals surface area contributed by atoms with Crippen LogP contribution in [-0.4, -0.2) is 25.8 Å². The summed E-state index contributed by atoms with van der Waals surface area (Å²) in [6.45, 7) is 2.75. The van der Waals surface area contributed by atoms with E-state index < -0.39 is 0 Å². The van der Waals surface area contributed by atoms with Crippen molar-refractivity contribution in [2.24, 2.45) is 5.10 Å². The van der Waals surface area contributed by atoms with Gasteiger partial charge in [0.1, 0.15) is 12.4 Å². The van der Waals surface area contributed by atoms with Gasteiger partial charge in [0.25, 0.3) is 5.91 Å². The number of ether oxygens (including phenoxy) is 3. The molecule has 0 aliphatic rings. The Hall–Kier alpha value is -2.55. The third-order valence-electron chi connectivity index (χ3n) is 4.40. The molecule has 0 saturated carbocycles. The van der Waals surface area contributed by atoms with E-state index in [0.717, 1.165) is 20.1 Å². The van der Waals surface area contributed by atoms with Crippen molar-refractivity contribution in [2.45, 2.75) is 13.5 Å². The maximum Gasteiger partial charge on any atom is 0.271 e. The Balaban J connectivity index is 1.64. The summed E-state index contributed by atoms with van der Waals surface area (Å²) in [5.41, 5.74) is 4.63. The maximum atomic E-state index is 12.4. The maximum absolute atomic E-state index is 12.4. The second-order valence-electron chi connectivity index (χ2n) is 6.73. The molecule has 3 aromatic carbocycles. The van der Waals surface area contributed by atoms with Gasteiger partial charge in [0.15, 0.2) is 11.5 Å². The molecular formula is C24H21Br2ClN2O4. The van der Waals surface area contributed by atoms with Crippen LogP contribution in [0.25, 0.3) is 0 Å². The summed E-state index contributed by atoms with van der Waals surface area (Å²) >= 11 is 13.1. The molecule has 0 unspecified atom stereocenters. The van der Waals surface area contributed by atoms with E-state index in [1.165, 1.54) is 7.11 Å². The van der Waals surface area contributed by atoms with Crippen molar-refractivity contribution < 1.29 is 19.0 Å². The van der Waals surface area contributed by atoms with E-state index in [-0.39, 0.29) is 5.91 Å². The highest BCUT2D eigenvalue weighted by molar-refractivity contribution is 9.11. The molecular weight excluding hydrogens is 576 g/mol. The third kappa shape index (κ3) is 6.96. The van der Waals surface area contributed by atoms with Crippen LogP contribution in [0, 0.1) is 0 Å². The van der Waals surface area contributed by atoms with Crippen LogP contribution in [0.2, 0.25) is 5.02 Å². The number of hydrogen-bond acceptors (Lipinski definition) is 5. The van der Waals surface area contributed by atoms with Gasteiger partial charge in [-0.2, -0.15) is 5.10 Å². The van der Waals surface area contributed by atoms with Crippen LogP contribution in [0.3, 0.4) is 0 Å². The lowest BCUT2D eigenvalue weighted by Crippen LogP contribution is -2.17. The SMILES string of the molecule is CCOc1ccc(C(=O)N/N=C/c2cc(Br)c(OCc3cccc(Cl)c3)c(Br)c2)cc1OC. The van der Waals surface area contributed by atoms with E-state index in [0.29, 0.717) is 41.0 Å². The highest BCUT2D eigenvalue weighted by Crippen LogP contribution is 2.35. The van der Waals surface area contributed by atoms with Gasteiger partial charge in [0, 0.05) is 10.6 Å². The second kappa shape index (κ2) is 12.1. The van der Waals surface area contributed by atoms with Crippen molar-refractivity contribution in [3.05, 3.63) is 85.3 Å². The third-order valence-corrected chi connectivity index (χ3v) is 5.81. The molecule has 3 aromatic rings.